The molecule has 3 nitrogen and oxygen atoms in total. The maximum Gasteiger partial charge on any atom is 0.336 e. The minimum Gasteiger partial charge on any atom is -0.478 e. The Hall–Kier alpha value is -2.65. The molecule has 0 aliphatic rings. The lowest BCUT2D eigenvalue weighted by atomic mass is 9.94. The number of aromatic nitrogens is 1. The average molecular weight is 394 g/mol. The molecule has 4 heteroatoms. The number of halogens is 1. The van der Waals surface area contributed by atoms with Crippen LogP contribution in [0.5, 0.6) is 0 Å². The van der Waals surface area contributed by atoms with Crippen LogP contribution in [0.3, 0.4) is 0 Å². The van der Waals surface area contributed by atoms with E-state index in [-0.39, 0.29) is 0 Å². The van der Waals surface area contributed by atoms with Gasteiger partial charge in [0.15, 0.2) is 0 Å². The van der Waals surface area contributed by atoms with Gasteiger partial charge < -0.3 is 5.11 Å². The third kappa shape index (κ3) is 4.60. The van der Waals surface area contributed by atoms with Gasteiger partial charge in [-0.2, -0.15) is 0 Å². The van der Waals surface area contributed by atoms with Gasteiger partial charge in [-0.05, 0) is 66.1 Å². The second kappa shape index (κ2) is 9.03. The highest BCUT2D eigenvalue weighted by Gasteiger charge is 2.13. The third-order valence-electron chi connectivity index (χ3n) is 4.97. The molecule has 1 N–H and O–H groups in total. The molecule has 0 aliphatic heterocycles. The lowest BCUT2D eigenvalue weighted by Crippen LogP contribution is -2.03. The summed E-state index contributed by atoms with van der Waals surface area (Å²) in [5.41, 5.74) is 6.58. The zero-order chi connectivity index (χ0) is 20.1. The van der Waals surface area contributed by atoms with E-state index in [1.54, 1.807) is 12.1 Å². The number of hydrogen-bond acceptors (Lipinski definition) is 2. The van der Waals surface area contributed by atoms with E-state index in [0.29, 0.717) is 10.7 Å². The lowest BCUT2D eigenvalue weighted by Gasteiger charge is -2.13. The Morgan fingerprint density at radius 1 is 1.11 bits per heavy atom. The quantitative estimate of drug-likeness (QED) is 0.476. The van der Waals surface area contributed by atoms with Crippen molar-refractivity contribution in [3.63, 3.8) is 0 Å². The molecule has 0 fully saturated rings. The van der Waals surface area contributed by atoms with Crippen molar-refractivity contribution in [2.75, 3.05) is 0 Å². The Morgan fingerprint density at radius 2 is 1.82 bits per heavy atom. The minimum atomic E-state index is -0.914. The monoisotopic (exact) mass is 393 g/mol. The Kier molecular flexibility index (Phi) is 6.48. The molecule has 0 saturated carbocycles. The van der Waals surface area contributed by atoms with Gasteiger partial charge in [-0.1, -0.05) is 67.4 Å². The highest BCUT2D eigenvalue weighted by molar-refractivity contribution is 6.29. The molecule has 1 heterocycles. The molecule has 3 rings (SSSR count). The fraction of sp³-hybridized carbons (Fsp3) is 0.250. The SMILES string of the molecule is CCCCc1nc(Cl)cc(C)c1Cc1ccc(-c2ccccc2C(=O)O)cc1. The summed E-state index contributed by atoms with van der Waals surface area (Å²) in [4.78, 5) is 16.0. The van der Waals surface area contributed by atoms with E-state index in [4.69, 9.17) is 11.6 Å². The number of pyridine rings is 1. The lowest BCUT2D eigenvalue weighted by molar-refractivity contribution is 0.0697. The van der Waals surface area contributed by atoms with E-state index in [1.807, 2.05) is 30.3 Å². The molecule has 28 heavy (non-hydrogen) atoms. The molecule has 1 aromatic heterocycles. The van der Waals surface area contributed by atoms with Gasteiger partial charge in [0, 0.05) is 5.69 Å². The molecule has 0 amide bonds. The van der Waals surface area contributed by atoms with Gasteiger partial charge in [0.05, 0.1) is 5.56 Å². The number of unbranched alkanes of at least 4 members (excludes halogenated alkanes) is 1. The van der Waals surface area contributed by atoms with Crippen molar-refractivity contribution in [1.82, 2.24) is 4.98 Å². The van der Waals surface area contributed by atoms with Crippen LogP contribution in [-0.2, 0) is 12.8 Å². The summed E-state index contributed by atoms with van der Waals surface area (Å²) in [6.45, 7) is 4.25. The summed E-state index contributed by atoms with van der Waals surface area (Å²) >= 11 is 6.17. The van der Waals surface area contributed by atoms with Crippen LogP contribution in [0, 0.1) is 6.92 Å². The number of hydrogen-bond donors (Lipinski definition) is 1. The van der Waals surface area contributed by atoms with Crippen LogP contribution in [-0.4, -0.2) is 16.1 Å². The molecule has 0 saturated heterocycles. The predicted octanol–water partition coefficient (Wildman–Crippen LogP) is 6.34. The number of benzene rings is 2. The van der Waals surface area contributed by atoms with Gasteiger partial charge in [0.1, 0.15) is 5.15 Å². The molecule has 0 atom stereocenters. The number of aromatic carboxylic acids is 1. The van der Waals surface area contributed by atoms with Crippen molar-refractivity contribution < 1.29 is 9.90 Å². The molecular weight excluding hydrogens is 370 g/mol. The number of rotatable bonds is 7. The fourth-order valence-electron chi connectivity index (χ4n) is 3.44. The van der Waals surface area contributed by atoms with Gasteiger partial charge in [-0.3, -0.25) is 0 Å². The van der Waals surface area contributed by atoms with Crippen LogP contribution in [0.4, 0.5) is 0 Å². The molecule has 3 aromatic rings. The fourth-order valence-corrected chi connectivity index (χ4v) is 3.71. The van der Waals surface area contributed by atoms with Gasteiger partial charge in [-0.15, -0.1) is 0 Å². The molecule has 0 radical (unpaired) electrons. The smallest absolute Gasteiger partial charge is 0.336 e. The van der Waals surface area contributed by atoms with Crippen LogP contribution in [0.2, 0.25) is 5.15 Å². The second-order valence-corrected chi connectivity index (χ2v) is 7.40. The molecule has 2 aromatic carbocycles. The Bertz CT molecular complexity index is 980. The standard InChI is InChI=1S/C24H24ClNO2/c1-3-4-9-22-21(16(2)14-23(25)26-22)15-17-10-12-18(13-11-17)19-7-5-6-8-20(19)24(27)28/h5-8,10-14H,3-4,9,15H2,1-2H3,(H,27,28). The van der Waals surface area contributed by atoms with Crippen LogP contribution < -0.4 is 0 Å². The molecular formula is C24H24ClNO2. The highest BCUT2D eigenvalue weighted by Crippen LogP contribution is 2.26. The van der Waals surface area contributed by atoms with E-state index in [1.165, 1.54) is 11.1 Å². The van der Waals surface area contributed by atoms with Crippen molar-refractivity contribution in [3.8, 4) is 11.1 Å². The summed E-state index contributed by atoms with van der Waals surface area (Å²) in [5.74, 6) is -0.914. The summed E-state index contributed by atoms with van der Waals surface area (Å²) in [5, 5.41) is 9.96. The number of carboxylic acid groups (broad SMARTS) is 1. The van der Waals surface area contributed by atoms with Gasteiger partial charge in [0.25, 0.3) is 0 Å². The molecule has 0 unspecified atom stereocenters. The summed E-state index contributed by atoms with van der Waals surface area (Å²) < 4.78 is 0. The van der Waals surface area contributed by atoms with Crippen molar-refractivity contribution >= 4 is 17.6 Å². The largest absolute Gasteiger partial charge is 0.478 e. The summed E-state index contributed by atoms with van der Waals surface area (Å²) in [7, 11) is 0. The van der Waals surface area contributed by atoms with Crippen LogP contribution in [0.1, 0.15) is 52.5 Å². The average Bonchev–Trinajstić information content (AvgIpc) is 2.69. The Morgan fingerprint density at radius 3 is 2.50 bits per heavy atom. The van der Waals surface area contributed by atoms with E-state index in [2.05, 4.69) is 31.0 Å². The van der Waals surface area contributed by atoms with Crippen LogP contribution in [0.15, 0.2) is 54.6 Å². The predicted molar refractivity (Wildman–Crippen MR) is 114 cm³/mol. The molecule has 0 aliphatic carbocycles. The van der Waals surface area contributed by atoms with E-state index >= 15 is 0 Å². The van der Waals surface area contributed by atoms with Gasteiger partial charge in [0.2, 0.25) is 0 Å². The topological polar surface area (TPSA) is 50.2 Å². The minimum absolute atomic E-state index is 0.315. The number of aryl methyl sites for hydroxylation is 2. The summed E-state index contributed by atoms with van der Waals surface area (Å²) in [6, 6.07) is 17.1. The maximum absolute atomic E-state index is 11.5. The summed E-state index contributed by atoms with van der Waals surface area (Å²) in [6.07, 6.45) is 3.92. The number of carbonyl (C=O) groups is 1. The number of carboxylic acids is 1. The van der Waals surface area contributed by atoms with E-state index in [9.17, 15) is 9.90 Å². The van der Waals surface area contributed by atoms with Crippen molar-refractivity contribution in [2.24, 2.45) is 0 Å². The van der Waals surface area contributed by atoms with Crippen LogP contribution in [0.25, 0.3) is 11.1 Å². The zero-order valence-corrected chi connectivity index (χ0v) is 17.0. The van der Waals surface area contributed by atoms with E-state index < -0.39 is 5.97 Å². The first-order chi connectivity index (χ1) is 13.5. The van der Waals surface area contributed by atoms with Gasteiger partial charge in [-0.25, -0.2) is 9.78 Å². The number of nitrogens with zero attached hydrogens (tertiary/aromatic N) is 1. The molecule has 0 bridgehead atoms. The normalized spacial score (nSPS) is 10.8. The van der Waals surface area contributed by atoms with Crippen molar-refractivity contribution in [2.45, 2.75) is 39.5 Å². The Balaban J connectivity index is 1.89. The Labute approximate surface area is 171 Å². The van der Waals surface area contributed by atoms with E-state index in [0.717, 1.165) is 48.1 Å². The maximum atomic E-state index is 11.5. The van der Waals surface area contributed by atoms with Crippen molar-refractivity contribution in [3.05, 3.63) is 87.7 Å². The van der Waals surface area contributed by atoms with Gasteiger partial charge >= 0.3 is 5.97 Å². The second-order valence-electron chi connectivity index (χ2n) is 7.02. The highest BCUT2D eigenvalue weighted by atomic mass is 35.5. The molecule has 0 spiro atoms. The first-order valence-corrected chi connectivity index (χ1v) is 9.94. The van der Waals surface area contributed by atoms with Crippen LogP contribution >= 0.6 is 11.6 Å². The molecule has 144 valence electrons. The zero-order valence-electron chi connectivity index (χ0n) is 16.2. The first-order valence-electron chi connectivity index (χ1n) is 9.56. The third-order valence-corrected chi connectivity index (χ3v) is 5.17. The first kappa shape index (κ1) is 20.1. The van der Waals surface area contributed by atoms with Crippen molar-refractivity contribution in [1.29, 1.82) is 0 Å².